The summed E-state index contributed by atoms with van der Waals surface area (Å²) in [4.78, 5) is 2.42. The fourth-order valence-corrected chi connectivity index (χ4v) is 8.79. The number of benzene rings is 9. The van der Waals surface area contributed by atoms with Gasteiger partial charge in [-0.2, -0.15) is 0 Å². The molecule has 0 radical (unpaired) electrons. The Morgan fingerprint density at radius 3 is 2.06 bits per heavy atom. The lowest BCUT2D eigenvalue weighted by molar-refractivity contribution is 0.669. The molecule has 0 bridgehead atoms. The second-order valence-electron chi connectivity index (χ2n) is 14.5. The Labute approximate surface area is 314 Å². The summed E-state index contributed by atoms with van der Waals surface area (Å²) >= 11 is 0. The molecule has 2 nitrogen and oxygen atoms in total. The zero-order chi connectivity index (χ0) is 35.6. The van der Waals surface area contributed by atoms with Crippen LogP contribution in [0.1, 0.15) is 22.6 Å². The molecular formula is C52H35NO. The van der Waals surface area contributed by atoms with E-state index in [0.29, 0.717) is 0 Å². The molecule has 1 aromatic heterocycles. The molecule has 1 unspecified atom stereocenters. The lowest BCUT2D eigenvalue weighted by Gasteiger charge is -2.32. The van der Waals surface area contributed by atoms with Gasteiger partial charge >= 0.3 is 0 Å². The molecule has 10 aromatic rings. The van der Waals surface area contributed by atoms with Gasteiger partial charge in [-0.25, -0.2) is 0 Å². The Bertz CT molecular complexity index is 3040. The molecule has 0 saturated heterocycles. The summed E-state index contributed by atoms with van der Waals surface area (Å²) in [7, 11) is 0. The fourth-order valence-electron chi connectivity index (χ4n) is 8.79. The summed E-state index contributed by atoms with van der Waals surface area (Å²) in [6.45, 7) is 0. The highest BCUT2D eigenvalue weighted by Crippen LogP contribution is 2.48. The average Bonchev–Trinajstić information content (AvgIpc) is 3.61. The summed E-state index contributed by atoms with van der Waals surface area (Å²) in [6, 6.07) is 70.9. The molecule has 0 fully saturated rings. The van der Waals surface area contributed by atoms with Crippen LogP contribution >= 0.6 is 0 Å². The fraction of sp³-hybridized carbons (Fsp3) is 0.0385. The molecule has 0 aliphatic heterocycles. The second kappa shape index (κ2) is 12.4. The number of hydrogen-bond donors (Lipinski definition) is 0. The van der Waals surface area contributed by atoms with E-state index in [4.69, 9.17) is 4.42 Å². The summed E-state index contributed by atoms with van der Waals surface area (Å²) in [5.74, 6) is 0.212. The molecule has 0 saturated carbocycles. The standard InChI is InChI=1S/C52H35NO/c1-2-15-41(16-3-1)53(50-19-10-14-35-12-6-7-17-44(35)50)42-25-27-43-40(30-42)33-47(39-22-21-34-11-4-5-13-36(34)29-39)45-26-23-37(31-48(43)45)38-24-28-52-49(32-38)46-18-8-9-20-51(46)54-52/h1-32,47H,33H2. The lowest BCUT2D eigenvalue weighted by atomic mass is 9.74. The van der Waals surface area contributed by atoms with Crippen molar-refractivity contribution in [1.82, 2.24) is 0 Å². The van der Waals surface area contributed by atoms with E-state index in [1.165, 1.54) is 66.2 Å². The Morgan fingerprint density at radius 1 is 0.426 bits per heavy atom. The molecule has 54 heavy (non-hydrogen) atoms. The van der Waals surface area contributed by atoms with E-state index in [2.05, 4.69) is 187 Å². The van der Waals surface area contributed by atoms with Crippen LogP contribution in [0.15, 0.2) is 199 Å². The maximum Gasteiger partial charge on any atom is 0.135 e. The summed E-state index contributed by atoms with van der Waals surface area (Å²) in [5, 5.41) is 7.30. The van der Waals surface area contributed by atoms with E-state index in [9.17, 15) is 0 Å². The smallest absolute Gasteiger partial charge is 0.135 e. The molecule has 9 aromatic carbocycles. The van der Waals surface area contributed by atoms with E-state index in [1.807, 2.05) is 12.1 Å². The zero-order valence-corrected chi connectivity index (χ0v) is 29.6. The van der Waals surface area contributed by atoms with Crippen molar-refractivity contribution in [2.45, 2.75) is 12.3 Å². The Kier molecular flexibility index (Phi) is 7.03. The van der Waals surface area contributed by atoms with Crippen molar-refractivity contribution >= 4 is 60.5 Å². The van der Waals surface area contributed by atoms with Gasteiger partial charge in [0.2, 0.25) is 0 Å². The first-order chi connectivity index (χ1) is 26.7. The first-order valence-corrected chi connectivity index (χ1v) is 18.8. The number of fused-ring (bicyclic) bond motifs is 8. The monoisotopic (exact) mass is 689 g/mol. The molecule has 1 atom stereocenters. The maximum atomic E-state index is 6.19. The minimum Gasteiger partial charge on any atom is -0.456 e. The van der Waals surface area contributed by atoms with Crippen LogP contribution in [0.4, 0.5) is 17.1 Å². The van der Waals surface area contributed by atoms with Gasteiger partial charge in [0.25, 0.3) is 0 Å². The second-order valence-corrected chi connectivity index (χ2v) is 14.5. The van der Waals surface area contributed by atoms with Crippen molar-refractivity contribution < 1.29 is 4.42 Å². The summed E-state index contributed by atoms with van der Waals surface area (Å²) in [6.07, 6.45) is 0.916. The van der Waals surface area contributed by atoms with Crippen molar-refractivity contribution in [3.63, 3.8) is 0 Å². The van der Waals surface area contributed by atoms with Crippen LogP contribution in [0.25, 0.3) is 65.7 Å². The first-order valence-electron chi connectivity index (χ1n) is 18.8. The highest BCUT2D eigenvalue weighted by molar-refractivity contribution is 6.06. The highest BCUT2D eigenvalue weighted by Gasteiger charge is 2.28. The van der Waals surface area contributed by atoms with Gasteiger partial charge in [0.05, 0.1) is 5.69 Å². The van der Waals surface area contributed by atoms with Gasteiger partial charge in [-0.15, -0.1) is 0 Å². The van der Waals surface area contributed by atoms with Crippen LogP contribution in [-0.2, 0) is 6.42 Å². The van der Waals surface area contributed by atoms with Crippen molar-refractivity contribution in [2.24, 2.45) is 0 Å². The molecular weight excluding hydrogens is 655 g/mol. The van der Waals surface area contributed by atoms with Crippen molar-refractivity contribution in [2.75, 3.05) is 4.90 Å². The highest BCUT2D eigenvalue weighted by atomic mass is 16.3. The van der Waals surface area contributed by atoms with Crippen LogP contribution in [0.3, 0.4) is 0 Å². The van der Waals surface area contributed by atoms with Crippen molar-refractivity contribution in [3.8, 4) is 22.3 Å². The van der Waals surface area contributed by atoms with Gasteiger partial charge in [0.15, 0.2) is 0 Å². The molecule has 0 N–H and O–H groups in total. The topological polar surface area (TPSA) is 16.4 Å². The number of para-hydroxylation sites is 2. The number of rotatable bonds is 5. The molecule has 0 spiro atoms. The quantitative estimate of drug-likeness (QED) is 0.179. The molecule has 1 aliphatic rings. The van der Waals surface area contributed by atoms with E-state index in [1.54, 1.807) is 0 Å². The van der Waals surface area contributed by atoms with Crippen LogP contribution < -0.4 is 4.90 Å². The van der Waals surface area contributed by atoms with Gasteiger partial charge in [-0.3, -0.25) is 0 Å². The summed E-state index contributed by atoms with van der Waals surface area (Å²) < 4.78 is 6.19. The largest absolute Gasteiger partial charge is 0.456 e. The number of furan rings is 1. The summed E-state index contributed by atoms with van der Waals surface area (Å²) in [5.41, 5.74) is 14.4. The van der Waals surface area contributed by atoms with Gasteiger partial charge in [-0.1, -0.05) is 140 Å². The lowest BCUT2D eigenvalue weighted by Crippen LogP contribution is -2.15. The van der Waals surface area contributed by atoms with Crippen molar-refractivity contribution in [3.05, 3.63) is 211 Å². The number of hydrogen-bond acceptors (Lipinski definition) is 2. The van der Waals surface area contributed by atoms with E-state index < -0.39 is 0 Å². The SMILES string of the molecule is c1ccc(N(c2ccc3c(c2)CC(c2ccc4ccccc4c2)c2ccc(-c4ccc5oc6ccccc6c5c4)cc2-3)c2cccc3ccccc23)cc1. The number of nitrogens with zero attached hydrogens (tertiary/aromatic N) is 1. The third-order valence-corrected chi connectivity index (χ3v) is 11.4. The molecule has 11 rings (SSSR count). The predicted molar refractivity (Wildman–Crippen MR) is 226 cm³/mol. The first kappa shape index (κ1) is 30.7. The van der Waals surface area contributed by atoms with Crippen LogP contribution in [0.2, 0.25) is 0 Å². The van der Waals surface area contributed by atoms with Gasteiger partial charge in [0.1, 0.15) is 11.2 Å². The van der Waals surface area contributed by atoms with Crippen LogP contribution in [0, 0.1) is 0 Å². The normalized spacial score (nSPS) is 13.7. The van der Waals surface area contributed by atoms with Crippen LogP contribution in [0.5, 0.6) is 0 Å². The van der Waals surface area contributed by atoms with Crippen molar-refractivity contribution in [1.29, 1.82) is 0 Å². The minimum atomic E-state index is 0.212. The van der Waals surface area contributed by atoms with Gasteiger partial charge < -0.3 is 9.32 Å². The van der Waals surface area contributed by atoms with Gasteiger partial charge in [0, 0.05) is 33.5 Å². The maximum absolute atomic E-state index is 6.19. The molecule has 1 aliphatic carbocycles. The molecule has 254 valence electrons. The average molecular weight is 690 g/mol. The Morgan fingerprint density at radius 2 is 1.15 bits per heavy atom. The molecule has 0 amide bonds. The minimum absolute atomic E-state index is 0.212. The number of anilines is 3. The van der Waals surface area contributed by atoms with Gasteiger partial charge in [-0.05, 0) is 116 Å². The molecule has 1 heterocycles. The third kappa shape index (κ3) is 5.03. The van der Waals surface area contributed by atoms with E-state index in [0.717, 1.165) is 39.7 Å². The van der Waals surface area contributed by atoms with E-state index >= 15 is 0 Å². The Balaban J connectivity index is 1.10. The van der Waals surface area contributed by atoms with E-state index in [-0.39, 0.29) is 5.92 Å². The third-order valence-electron chi connectivity index (χ3n) is 11.4. The predicted octanol–water partition coefficient (Wildman–Crippen LogP) is 14.4. The van der Waals surface area contributed by atoms with Crippen LogP contribution in [-0.4, -0.2) is 0 Å². The zero-order valence-electron chi connectivity index (χ0n) is 29.6. The molecule has 2 heteroatoms. The Hall–Kier alpha value is -6.90.